The summed E-state index contributed by atoms with van der Waals surface area (Å²) in [6, 6.07) is 11.6. The summed E-state index contributed by atoms with van der Waals surface area (Å²) in [7, 11) is 3.06. The lowest BCUT2D eigenvalue weighted by Gasteiger charge is -2.22. The van der Waals surface area contributed by atoms with Crippen LogP contribution in [0.15, 0.2) is 54.6 Å². The van der Waals surface area contributed by atoms with Crippen LogP contribution in [0.5, 0.6) is 11.5 Å². The molecule has 1 heterocycles. The third-order valence-electron chi connectivity index (χ3n) is 5.92. The molecule has 3 atom stereocenters. The second kappa shape index (κ2) is 8.26. The molecule has 1 aliphatic heterocycles. The summed E-state index contributed by atoms with van der Waals surface area (Å²) in [6.07, 6.45) is 4.55. The van der Waals surface area contributed by atoms with E-state index in [1.807, 2.05) is 19.1 Å². The van der Waals surface area contributed by atoms with Gasteiger partial charge < -0.3 is 14.8 Å². The number of carbonyl (C=O) groups excluding carboxylic acids is 3. The van der Waals surface area contributed by atoms with E-state index in [4.69, 9.17) is 9.47 Å². The molecule has 0 unspecified atom stereocenters. The number of imide groups is 1. The SMILES string of the molecule is COc1ccc(NC(=O)c2ccc(N3C(=O)[C@@H]4[C@@H](C)C=CC[C@H]4C3=O)cc2)c(OC)c1. The summed E-state index contributed by atoms with van der Waals surface area (Å²) in [5.74, 6) is -0.183. The molecule has 1 fully saturated rings. The van der Waals surface area contributed by atoms with E-state index in [0.717, 1.165) is 0 Å². The first-order chi connectivity index (χ1) is 14.9. The van der Waals surface area contributed by atoms with Gasteiger partial charge in [-0.2, -0.15) is 0 Å². The smallest absolute Gasteiger partial charge is 0.255 e. The van der Waals surface area contributed by atoms with E-state index in [0.29, 0.717) is 34.9 Å². The molecule has 0 bridgehead atoms. The summed E-state index contributed by atoms with van der Waals surface area (Å²) in [6.45, 7) is 1.96. The zero-order valence-electron chi connectivity index (χ0n) is 17.6. The standard InChI is InChI=1S/C24H24N2O5/c1-14-5-4-6-18-21(14)24(29)26(23(18)28)16-9-7-15(8-10-16)22(27)25-19-12-11-17(30-2)13-20(19)31-3/h4-5,7-14,18,21H,6H2,1-3H3,(H,25,27)/t14-,18+,21+/m0/s1. The van der Waals surface area contributed by atoms with Crippen LogP contribution in [0.1, 0.15) is 23.7 Å². The van der Waals surface area contributed by atoms with Crippen molar-refractivity contribution in [2.24, 2.45) is 17.8 Å². The summed E-state index contributed by atoms with van der Waals surface area (Å²) >= 11 is 0. The molecule has 3 amide bonds. The van der Waals surface area contributed by atoms with Gasteiger partial charge in [0.05, 0.1) is 37.4 Å². The van der Waals surface area contributed by atoms with Crippen LogP contribution < -0.4 is 19.7 Å². The van der Waals surface area contributed by atoms with Gasteiger partial charge in [0.1, 0.15) is 11.5 Å². The van der Waals surface area contributed by atoms with Gasteiger partial charge in [-0.15, -0.1) is 0 Å². The van der Waals surface area contributed by atoms with Crippen LogP contribution in [-0.4, -0.2) is 31.9 Å². The molecule has 1 saturated heterocycles. The second-order valence-corrected chi connectivity index (χ2v) is 7.73. The lowest BCUT2D eigenvalue weighted by Crippen LogP contribution is -2.31. The number of hydrogen-bond acceptors (Lipinski definition) is 5. The lowest BCUT2D eigenvalue weighted by molar-refractivity contribution is -0.122. The number of hydrogen-bond donors (Lipinski definition) is 1. The van der Waals surface area contributed by atoms with Crippen molar-refractivity contribution < 1.29 is 23.9 Å². The third-order valence-corrected chi connectivity index (χ3v) is 5.92. The first kappa shape index (κ1) is 20.7. The van der Waals surface area contributed by atoms with Crippen LogP contribution in [0.25, 0.3) is 0 Å². The largest absolute Gasteiger partial charge is 0.497 e. The zero-order chi connectivity index (χ0) is 22.1. The number of benzene rings is 2. The molecule has 0 aromatic heterocycles. The summed E-state index contributed by atoms with van der Waals surface area (Å²) in [4.78, 5) is 39.7. The second-order valence-electron chi connectivity index (χ2n) is 7.73. The Morgan fingerprint density at radius 2 is 1.77 bits per heavy atom. The minimum atomic E-state index is -0.333. The summed E-state index contributed by atoms with van der Waals surface area (Å²) in [5.41, 5.74) is 1.39. The highest BCUT2D eigenvalue weighted by molar-refractivity contribution is 6.22. The van der Waals surface area contributed by atoms with Gasteiger partial charge in [0.2, 0.25) is 11.8 Å². The Bertz CT molecular complexity index is 1060. The highest BCUT2D eigenvalue weighted by Gasteiger charge is 2.50. The normalized spacial score (nSPS) is 22.3. The molecule has 2 aromatic carbocycles. The Kier molecular flexibility index (Phi) is 5.50. The van der Waals surface area contributed by atoms with E-state index < -0.39 is 0 Å². The predicted octanol–water partition coefficient (Wildman–Crippen LogP) is 3.66. The number of amides is 3. The molecule has 7 heteroatoms. The molecule has 0 saturated carbocycles. The highest BCUT2D eigenvalue weighted by Crippen LogP contribution is 2.40. The molecular formula is C24H24N2O5. The van der Waals surface area contributed by atoms with Crippen molar-refractivity contribution in [3.63, 3.8) is 0 Å². The fourth-order valence-corrected chi connectivity index (χ4v) is 4.26. The predicted molar refractivity (Wildman–Crippen MR) is 116 cm³/mol. The van der Waals surface area contributed by atoms with Crippen LogP contribution in [0.3, 0.4) is 0 Å². The van der Waals surface area contributed by atoms with Gasteiger partial charge in [0.25, 0.3) is 5.91 Å². The fraction of sp³-hybridized carbons (Fsp3) is 0.292. The number of nitrogens with zero attached hydrogens (tertiary/aromatic N) is 1. The van der Waals surface area contributed by atoms with Gasteiger partial charge in [-0.25, -0.2) is 0 Å². The molecular weight excluding hydrogens is 396 g/mol. The average Bonchev–Trinajstić information content (AvgIpc) is 3.05. The van der Waals surface area contributed by atoms with E-state index >= 15 is 0 Å². The maximum Gasteiger partial charge on any atom is 0.255 e. The van der Waals surface area contributed by atoms with Gasteiger partial charge >= 0.3 is 0 Å². The molecule has 2 aromatic rings. The van der Waals surface area contributed by atoms with E-state index in [1.54, 1.807) is 49.6 Å². The molecule has 1 aliphatic carbocycles. The van der Waals surface area contributed by atoms with Crippen molar-refractivity contribution in [1.29, 1.82) is 0 Å². The van der Waals surface area contributed by atoms with E-state index in [9.17, 15) is 14.4 Å². The monoisotopic (exact) mass is 420 g/mol. The van der Waals surface area contributed by atoms with Crippen molar-refractivity contribution in [3.05, 3.63) is 60.2 Å². The summed E-state index contributed by atoms with van der Waals surface area (Å²) < 4.78 is 10.5. The number of allylic oxidation sites excluding steroid dienone is 2. The molecule has 0 spiro atoms. The zero-order valence-corrected chi connectivity index (χ0v) is 17.6. The van der Waals surface area contributed by atoms with Gasteiger partial charge in [-0.05, 0) is 48.7 Å². The maximum atomic E-state index is 12.9. The molecule has 4 rings (SSSR count). The Labute approximate surface area is 180 Å². The number of fused-ring (bicyclic) bond motifs is 1. The Balaban J connectivity index is 1.52. The first-order valence-corrected chi connectivity index (χ1v) is 10.1. The highest BCUT2D eigenvalue weighted by atomic mass is 16.5. The summed E-state index contributed by atoms with van der Waals surface area (Å²) in [5, 5.41) is 2.81. The van der Waals surface area contributed by atoms with Gasteiger partial charge in [-0.1, -0.05) is 19.1 Å². The van der Waals surface area contributed by atoms with Crippen LogP contribution >= 0.6 is 0 Å². The van der Waals surface area contributed by atoms with E-state index in [1.165, 1.54) is 12.0 Å². The molecule has 0 radical (unpaired) electrons. The van der Waals surface area contributed by atoms with Crippen molar-refractivity contribution >= 4 is 29.1 Å². The third kappa shape index (κ3) is 3.67. The van der Waals surface area contributed by atoms with Crippen molar-refractivity contribution in [2.75, 3.05) is 24.4 Å². The average molecular weight is 420 g/mol. The Hall–Kier alpha value is -3.61. The van der Waals surface area contributed by atoms with Gasteiger partial charge in [-0.3, -0.25) is 19.3 Å². The quantitative estimate of drug-likeness (QED) is 0.589. The number of methoxy groups -OCH3 is 2. The van der Waals surface area contributed by atoms with Gasteiger partial charge in [0, 0.05) is 11.6 Å². The molecule has 2 aliphatic rings. The number of carbonyl (C=O) groups is 3. The lowest BCUT2D eigenvalue weighted by atomic mass is 9.78. The first-order valence-electron chi connectivity index (χ1n) is 10.1. The van der Waals surface area contributed by atoms with E-state index in [2.05, 4.69) is 5.32 Å². The topological polar surface area (TPSA) is 84.9 Å². The number of anilines is 2. The maximum absolute atomic E-state index is 12.9. The van der Waals surface area contributed by atoms with Crippen molar-refractivity contribution in [3.8, 4) is 11.5 Å². The molecule has 1 N–H and O–H groups in total. The number of rotatable bonds is 5. The molecule has 31 heavy (non-hydrogen) atoms. The minimum Gasteiger partial charge on any atom is -0.497 e. The van der Waals surface area contributed by atoms with Crippen LogP contribution in [-0.2, 0) is 9.59 Å². The molecule has 160 valence electrons. The molecule has 7 nitrogen and oxygen atoms in total. The van der Waals surface area contributed by atoms with Crippen LogP contribution in [0.4, 0.5) is 11.4 Å². The fourth-order valence-electron chi connectivity index (χ4n) is 4.26. The van der Waals surface area contributed by atoms with Crippen molar-refractivity contribution in [2.45, 2.75) is 13.3 Å². The number of nitrogens with one attached hydrogen (secondary N) is 1. The van der Waals surface area contributed by atoms with Crippen LogP contribution in [0.2, 0.25) is 0 Å². The minimum absolute atomic E-state index is 0.0322. The van der Waals surface area contributed by atoms with Crippen LogP contribution in [0, 0.1) is 17.8 Å². The van der Waals surface area contributed by atoms with E-state index in [-0.39, 0.29) is 35.5 Å². The van der Waals surface area contributed by atoms with Gasteiger partial charge in [0.15, 0.2) is 0 Å². The van der Waals surface area contributed by atoms with Crippen molar-refractivity contribution in [1.82, 2.24) is 0 Å². The Morgan fingerprint density at radius 3 is 2.42 bits per heavy atom. The number of ether oxygens (including phenoxy) is 2. The Morgan fingerprint density at radius 1 is 1.03 bits per heavy atom.